The van der Waals surface area contributed by atoms with Crippen molar-refractivity contribution in [1.29, 1.82) is 0 Å². The maximum atomic E-state index is 5.78. The number of nitrogens with one attached hydrogen (secondary N) is 1. The predicted molar refractivity (Wildman–Crippen MR) is 74.1 cm³/mol. The van der Waals surface area contributed by atoms with Crippen LogP contribution in [0.4, 0.5) is 0 Å². The molecule has 2 aliphatic rings. The third-order valence-electron chi connectivity index (χ3n) is 3.98. The van der Waals surface area contributed by atoms with Crippen molar-refractivity contribution in [1.82, 2.24) is 10.2 Å². The predicted octanol–water partition coefficient (Wildman–Crippen LogP) is 1.18. The highest BCUT2D eigenvalue weighted by atomic mass is 16.5. The van der Waals surface area contributed by atoms with E-state index in [0.717, 1.165) is 39.5 Å². The van der Waals surface area contributed by atoms with Crippen LogP contribution in [0.1, 0.15) is 17.2 Å². The Hall–Kier alpha value is -0.940. The number of hydrogen-bond donors (Lipinski definition) is 1. The van der Waals surface area contributed by atoms with Gasteiger partial charge in [0.1, 0.15) is 0 Å². The number of hydrogen-bond acceptors (Lipinski definition) is 4. The summed E-state index contributed by atoms with van der Waals surface area (Å²) in [5, 5.41) is 3.38. The SMILES string of the molecule is CN(CC1CNCCO1)C1COCc2ccccc21. The summed E-state index contributed by atoms with van der Waals surface area (Å²) in [6.45, 7) is 5.18. The zero-order chi connectivity index (χ0) is 13.1. The van der Waals surface area contributed by atoms with E-state index < -0.39 is 0 Å². The van der Waals surface area contributed by atoms with Gasteiger partial charge in [-0.15, -0.1) is 0 Å². The summed E-state index contributed by atoms with van der Waals surface area (Å²) < 4.78 is 11.5. The molecule has 0 amide bonds. The highest BCUT2D eigenvalue weighted by Crippen LogP contribution is 2.28. The van der Waals surface area contributed by atoms with Crippen LogP contribution in [0.3, 0.4) is 0 Å². The molecule has 3 rings (SSSR count). The number of nitrogens with zero attached hydrogens (tertiary/aromatic N) is 1. The second kappa shape index (κ2) is 6.01. The number of benzene rings is 1. The maximum absolute atomic E-state index is 5.78. The fraction of sp³-hybridized carbons (Fsp3) is 0.600. The molecule has 0 bridgehead atoms. The molecule has 4 heteroatoms. The summed E-state index contributed by atoms with van der Waals surface area (Å²) in [6.07, 6.45) is 0.285. The van der Waals surface area contributed by atoms with Crippen molar-refractivity contribution in [3.05, 3.63) is 35.4 Å². The van der Waals surface area contributed by atoms with Gasteiger partial charge in [-0.25, -0.2) is 0 Å². The van der Waals surface area contributed by atoms with Crippen molar-refractivity contribution < 1.29 is 9.47 Å². The lowest BCUT2D eigenvalue weighted by Gasteiger charge is -2.36. The Bertz CT molecular complexity index is 418. The van der Waals surface area contributed by atoms with Crippen LogP contribution >= 0.6 is 0 Å². The fourth-order valence-corrected chi connectivity index (χ4v) is 2.91. The molecule has 104 valence electrons. The first kappa shape index (κ1) is 13.1. The third-order valence-corrected chi connectivity index (χ3v) is 3.98. The van der Waals surface area contributed by atoms with Crippen molar-refractivity contribution in [2.75, 3.05) is 39.9 Å². The van der Waals surface area contributed by atoms with Crippen molar-refractivity contribution in [3.8, 4) is 0 Å². The Labute approximate surface area is 114 Å². The molecule has 2 unspecified atom stereocenters. The van der Waals surface area contributed by atoms with Crippen molar-refractivity contribution in [3.63, 3.8) is 0 Å². The molecule has 2 heterocycles. The van der Waals surface area contributed by atoms with Gasteiger partial charge in [-0.2, -0.15) is 0 Å². The minimum Gasteiger partial charge on any atom is -0.375 e. The quantitative estimate of drug-likeness (QED) is 0.887. The van der Waals surface area contributed by atoms with E-state index in [1.165, 1.54) is 11.1 Å². The van der Waals surface area contributed by atoms with Crippen LogP contribution in [0, 0.1) is 0 Å². The third kappa shape index (κ3) is 2.98. The van der Waals surface area contributed by atoms with Gasteiger partial charge in [-0.05, 0) is 18.2 Å². The van der Waals surface area contributed by atoms with Crippen molar-refractivity contribution in [2.45, 2.75) is 18.8 Å². The fourth-order valence-electron chi connectivity index (χ4n) is 2.91. The maximum Gasteiger partial charge on any atom is 0.0826 e. The summed E-state index contributed by atoms with van der Waals surface area (Å²) in [6, 6.07) is 8.92. The van der Waals surface area contributed by atoms with Gasteiger partial charge in [0, 0.05) is 19.6 Å². The molecule has 1 saturated heterocycles. The molecule has 0 aliphatic carbocycles. The van der Waals surface area contributed by atoms with Crippen LogP contribution in [0.25, 0.3) is 0 Å². The summed E-state index contributed by atoms with van der Waals surface area (Å²) in [4.78, 5) is 2.36. The van der Waals surface area contributed by atoms with Crippen LogP contribution in [-0.2, 0) is 16.1 Å². The van der Waals surface area contributed by atoms with E-state index in [0.29, 0.717) is 6.04 Å². The molecular formula is C15H22N2O2. The first-order chi connectivity index (χ1) is 9.34. The molecule has 1 aromatic rings. The van der Waals surface area contributed by atoms with E-state index in [-0.39, 0.29) is 6.10 Å². The van der Waals surface area contributed by atoms with E-state index >= 15 is 0 Å². The summed E-state index contributed by atoms with van der Waals surface area (Å²) in [5.41, 5.74) is 2.72. The van der Waals surface area contributed by atoms with Crippen LogP contribution in [0.5, 0.6) is 0 Å². The second-order valence-electron chi connectivity index (χ2n) is 5.37. The normalized spacial score (nSPS) is 27.3. The highest BCUT2D eigenvalue weighted by Gasteiger charge is 2.26. The lowest BCUT2D eigenvalue weighted by Crippen LogP contribution is -2.46. The molecule has 2 aliphatic heterocycles. The summed E-state index contributed by atoms with van der Waals surface area (Å²) >= 11 is 0. The summed E-state index contributed by atoms with van der Waals surface area (Å²) in [5.74, 6) is 0. The molecule has 0 radical (unpaired) electrons. The highest BCUT2D eigenvalue weighted by molar-refractivity contribution is 5.31. The van der Waals surface area contributed by atoms with Gasteiger partial charge in [-0.3, -0.25) is 4.90 Å². The van der Waals surface area contributed by atoms with E-state index in [2.05, 4.69) is 41.5 Å². The molecule has 0 saturated carbocycles. The van der Waals surface area contributed by atoms with E-state index in [4.69, 9.17) is 9.47 Å². The minimum atomic E-state index is 0.285. The number of ether oxygens (including phenoxy) is 2. The van der Waals surface area contributed by atoms with Gasteiger partial charge in [0.2, 0.25) is 0 Å². The van der Waals surface area contributed by atoms with Crippen LogP contribution in [0.15, 0.2) is 24.3 Å². The van der Waals surface area contributed by atoms with E-state index in [1.807, 2.05) is 0 Å². The second-order valence-corrected chi connectivity index (χ2v) is 5.37. The van der Waals surface area contributed by atoms with Gasteiger partial charge >= 0.3 is 0 Å². The molecule has 1 N–H and O–H groups in total. The van der Waals surface area contributed by atoms with Gasteiger partial charge in [0.05, 0.1) is 32.0 Å². The lowest BCUT2D eigenvalue weighted by atomic mass is 9.98. The Morgan fingerprint density at radius 2 is 2.26 bits per heavy atom. The smallest absolute Gasteiger partial charge is 0.0826 e. The number of fused-ring (bicyclic) bond motifs is 1. The number of morpholine rings is 1. The van der Waals surface area contributed by atoms with Gasteiger partial charge in [-0.1, -0.05) is 24.3 Å². The van der Waals surface area contributed by atoms with E-state index in [9.17, 15) is 0 Å². The Kier molecular flexibility index (Phi) is 4.13. The number of likely N-dealkylation sites (N-methyl/N-ethyl adjacent to an activating group) is 1. The zero-order valence-corrected chi connectivity index (χ0v) is 11.5. The van der Waals surface area contributed by atoms with Crippen LogP contribution in [-0.4, -0.2) is 50.9 Å². The molecule has 4 nitrogen and oxygen atoms in total. The summed E-state index contributed by atoms with van der Waals surface area (Å²) in [7, 11) is 2.16. The standard InChI is InChI=1S/C15H22N2O2/c1-17(9-13-8-16-6-7-19-13)15-11-18-10-12-4-2-3-5-14(12)15/h2-5,13,15-16H,6-11H2,1H3. The Morgan fingerprint density at radius 3 is 3.11 bits per heavy atom. The van der Waals surface area contributed by atoms with Crippen molar-refractivity contribution >= 4 is 0 Å². The molecule has 1 fully saturated rings. The first-order valence-corrected chi connectivity index (χ1v) is 7.02. The molecule has 0 spiro atoms. The molecular weight excluding hydrogens is 240 g/mol. The first-order valence-electron chi connectivity index (χ1n) is 7.02. The lowest BCUT2D eigenvalue weighted by molar-refractivity contribution is -0.0161. The van der Waals surface area contributed by atoms with Crippen LogP contribution in [0.2, 0.25) is 0 Å². The van der Waals surface area contributed by atoms with Gasteiger partial charge < -0.3 is 14.8 Å². The largest absolute Gasteiger partial charge is 0.375 e. The van der Waals surface area contributed by atoms with Crippen molar-refractivity contribution in [2.24, 2.45) is 0 Å². The molecule has 19 heavy (non-hydrogen) atoms. The minimum absolute atomic E-state index is 0.285. The zero-order valence-electron chi connectivity index (χ0n) is 11.5. The monoisotopic (exact) mass is 262 g/mol. The average molecular weight is 262 g/mol. The Balaban J connectivity index is 1.68. The average Bonchev–Trinajstić information content (AvgIpc) is 2.47. The molecule has 1 aromatic carbocycles. The number of rotatable bonds is 3. The topological polar surface area (TPSA) is 33.7 Å². The van der Waals surface area contributed by atoms with E-state index in [1.54, 1.807) is 0 Å². The van der Waals surface area contributed by atoms with Crippen LogP contribution < -0.4 is 5.32 Å². The van der Waals surface area contributed by atoms with Gasteiger partial charge in [0.15, 0.2) is 0 Å². The molecule has 0 aromatic heterocycles. The Morgan fingerprint density at radius 1 is 1.37 bits per heavy atom. The molecule has 2 atom stereocenters. The van der Waals surface area contributed by atoms with Gasteiger partial charge in [0.25, 0.3) is 0 Å².